The van der Waals surface area contributed by atoms with Gasteiger partial charge in [-0.1, -0.05) is 35.8 Å². The highest BCUT2D eigenvalue weighted by Crippen LogP contribution is 2.38. The summed E-state index contributed by atoms with van der Waals surface area (Å²) in [6.07, 6.45) is 0.0453. The molecule has 0 fully saturated rings. The third kappa shape index (κ3) is 2.46. The van der Waals surface area contributed by atoms with E-state index in [1.54, 1.807) is 0 Å². The van der Waals surface area contributed by atoms with Gasteiger partial charge in [0.25, 0.3) is 0 Å². The first-order valence-corrected chi connectivity index (χ1v) is 6.56. The Morgan fingerprint density at radius 1 is 1.59 bits per heavy atom. The van der Waals surface area contributed by atoms with E-state index in [9.17, 15) is 9.90 Å². The molecule has 2 rings (SSSR count). The molecular formula is C13H16BrNO2. The quantitative estimate of drug-likeness (QED) is 0.895. The summed E-state index contributed by atoms with van der Waals surface area (Å²) in [5, 5.41) is 9.25. The van der Waals surface area contributed by atoms with Crippen LogP contribution in [0.3, 0.4) is 0 Å². The summed E-state index contributed by atoms with van der Waals surface area (Å²) in [4.78, 5) is 12.8. The molecule has 0 bridgehead atoms. The summed E-state index contributed by atoms with van der Waals surface area (Å²) >= 11 is 3.43. The van der Waals surface area contributed by atoms with E-state index in [1.807, 2.05) is 18.2 Å². The van der Waals surface area contributed by atoms with E-state index in [1.165, 1.54) is 4.90 Å². The average Bonchev–Trinajstić information content (AvgIpc) is 2.55. The van der Waals surface area contributed by atoms with Gasteiger partial charge in [-0.15, -0.1) is 0 Å². The number of carbonyl (C=O) groups is 1. The normalized spacial score (nSPS) is 18.6. The van der Waals surface area contributed by atoms with Crippen molar-refractivity contribution in [3.8, 4) is 0 Å². The van der Waals surface area contributed by atoms with Gasteiger partial charge in [-0.3, -0.25) is 4.90 Å². The molecule has 17 heavy (non-hydrogen) atoms. The number of carboxylic acid groups (broad SMARTS) is 1. The van der Waals surface area contributed by atoms with Crippen LogP contribution in [0.1, 0.15) is 37.4 Å². The van der Waals surface area contributed by atoms with Crippen molar-refractivity contribution in [1.29, 1.82) is 0 Å². The van der Waals surface area contributed by atoms with Crippen LogP contribution in [0.2, 0.25) is 0 Å². The van der Waals surface area contributed by atoms with Crippen molar-refractivity contribution in [2.45, 2.75) is 32.9 Å². The summed E-state index contributed by atoms with van der Waals surface area (Å²) in [7, 11) is 0. The second-order valence-electron chi connectivity index (χ2n) is 4.90. The van der Waals surface area contributed by atoms with E-state index in [0.29, 0.717) is 12.5 Å². The molecule has 0 saturated heterocycles. The summed E-state index contributed by atoms with van der Waals surface area (Å²) in [6.45, 7) is 4.75. The fraction of sp³-hybridized carbons (Fsp3) is 0.462. The summed E-state index contributed by atoms with van der Waals surface area (Å²) in [5.41, 5.74) is 2.27. The van der Waals surface area contributed by atoms with Crippen LogP contribution < -0.4 is 0 Å². The zero-order chi connectivity index (χ0) is 12.6. The number of fused-ring (bicyclic) bond motifs is 1. The fourth-order valence-corrected chi connectivity index (χ4v) is 2.81. The van der Waals surface area contributed by atoms with Crippen LogP contribution >= 0.6 is 15.9 Å². The third-order valence-electron chi connectivity index (χ3n) is 3.12. The molecule has 3 nitrogen and oxygen atoms in total. The highest BCUT2D eigenvalue weighted by Gasteiger charge is 2.33. The molecule has 1 aromatic rings. The van der Waals surface area contributed by atoms with Gasteiger partial charge in [-0.25, -0.2) is 4.79 Å². The van der Waals surface area contributed by atoms with E-state index >= 15 is 0 Å². The molecule has 1 atom stereocenters. The smallest absolute Gasteiger partial charge is 0.408 e. The van der Waals surface area contributed by atoms with Gasteiger partial charge in [0.15, 0.2) is 0 Å². The Labute approximate surface area is 110 Å². The Kier molecular flexibility index (Phi) is 3.43. The molecule has 0 saturated carbocycles. The van der Waals surface area contributed by atoms with Crippen molar-refractivity contribution in [1.82, 2.24) is 4.90 Å². The molecule has 1 aromatic carbocycles. The minimum absolute atomic E-state index is 0.00981. The molecule has 0 aromatic heterocycles. The lowest BCUT2D eigenvalue weighted by Gasteiger charge is -2.23. The minimum Gasteiger partial charge on any atom is -0.465 e. The van der Waals surface area contributed by atoms with Gasteiger partial charge >= 0.3 is 6.09 Å². The van der Waals surface area contributed by atoms with E-state index < -0.39 is 6.09 Å². The summed E-state index contributed by atoms with van der Waals surface area (Å²) < 4.78 is 1.01. The molecule has 1 N–H and O–H groups in total. The topological polar surface area (TPSA) is 40.5 Å². The maximum atomic E-state index is 11.3. The molecule has 0 spiro atoms. The Morgan fingerprint density at radius 2 is 2.29 bits per heavy atom. The fourth-order valence-electron chi connectivity index (χ4n) is 2.40. The second kappa shape index (κ2) is 4.69. The van der Waals surface area contributed by atoms with Gasteiger partial charge in [0, 0.05) is 4.47 Å². The zero-order valence-electron chi connectivity index (χ0n) is 9.98. The second-order valence-corrected chi connectivity index (χ2v) is 5.81. The maximum Gasteiger partial charge on any atom is 0.408 e. The molecule has 0 aliphatic carbocycles. The number of rotatable bonds is 2. The lowest BCUT2D eigenvalue weighted by molar-refractivity contribution is 0.123. The lowest BCUT2D eigenvalue weighted by atomic mass is 9.97. The molecule has 92 valence electrons. The van der Waals surface area contributed by atoms with Crippen LogP contribution in [-0.4, -0.2) is 16.1 Å². The number of hydrogen-bond donors (Lipinski definition) is 1. The monoisotopic (exact) mass is 297 g/mol. The molecule has 1 aliphatic rings. The number of benzene rings is 1. The number of nitrogens with zero attached hydrogens (tertiary/aromatic N) is 1. The van der Waals surface area contributed by atoms with Crippen LogP contribution in [0, 0.1) is 5.92 Å². The van der Waals surface area contributed by atoms with Crippen molar-refractivity contribution < 1.29 is 9.90 Å². The number of halogens is 1. The van der Waals surface area contributed by atoms with Gasteiger partial charge in [-0.2, -0.15) is 0 Å². The van der Waals surface area contributed by atoms with Crippen LogP contribution in [0.15, 0.2) is 22.7 Å². The summed E-state index contributed by atoms with van der Waals surface area (Å²) in [5.74, 6) is 0.483. The van der Waals surface area contributed by atoms with Crippen molar-refractivity contribution in [3.05, 3.63) is 33.8 Å². The minimum atomic E-state index is -0.831. The van der Waals surface area contributed by atoms with E-state index in [0.717, 1.165) is 22.0 Å². The molecule has 1 heterocycles. The standard InChI is InChI=1S/C13H16BrNO2/c1-8(2)5-12-11-4-3-10(14)6-9(11)7-15(12)13(16)17/h3-4,6,8,12H,5,7H2,1-2H3,(H,16,17). The third-order valence-corrected chi connectivity index (χ3v) is 3.61. The molecule has 1 unspecified atom stereocenters. The van der Waals surface area contributed by atoms with Crippen molar-refractivity contribution >= 4 is 22.0 Å². The lowest BCUT2D eigenvalue weighted by Crippen LogP contribution is -2.28. The van der Waals surface area contributed by atoms with E-state index in [-0.39, 0.29) is 6.04 Å². The van der Waals surface area contributed by atoms with Gasteiger partial charge in [-0.05, 0) is 35.6 Å². The Hall–Kier alpha value is -1.03. The van der Waals surface area contributed by atoms with Crippen LogP contribution in [0.5, 0.6) is 0 Å². The Bertz CT molecular complexity index is 445. The van der Waals surface area contributed by atoms with E-state index in [4.69, 9.17) is 0 Å². The van der Waals surface area contributed by atoms with Crippen LogP contribution in [0.25, 0.3) is 0 Å². The molecule has 0 radical (unpaired) electrons. The molecular weight excluding hydrogens is 282 g/mol. The molecule has 4 heteroatoms. The largest absolute Gasteiger partial charge is 0.465 e. The van der Waals surface area contributed by atoms with Crippen LogP contribution in [0.4, 0.5) is 4.79 Å². The average molecular weight is 298 g/mol. The number of hydrogen-bond acceptors (Lipinski definition) is 1. The zero-order valence-corrected chi connectivity index (χ0v) is 11.6. The highest BCUT2D eigenvalue weighted by atomic mass is 79.9. The highest BCUT2D eigenvalue weighted by molar-refractivity contribution is 9.10. The van der Waals surface area contributed by atoms with Gasteiger partial charge in [0.1, 0.15) is 0 Å². The van der Waals surface area contributed by atoms with Crippen LogP contribution in [-0.2, 0) is 6.54 Å². The van der Waals surface area contributed by atoms with Crippen molar-refractivity contribution in [3.63, 3.8) is 0 Å². The SMILES string of the molecule is CC(C)CC1c2ccc(Br)cc2CN1C(=O)O. The van der Waals surface area contributed by atoms with Gasteiger partial charge in [0.2, 0.25) is 0 Å². The number of amides is 1. The van der Waals surface area contributed by atoms with Gasteiger partial charge < -0.3 is 5.11 Å². The predicted molar refractivity (Wildman–Crippen MR) is 69.9 cm³/mol. The Morgan fingerprint density at radius 3 is 2.88 bits per heavy atom. The van der Waals surface area contributed by atoms with E-state index in [2.05, 4.69) is 29.8 Å². The first-order chi connectivity index (χ1) is 7.99. The first-order valence-electron chi connectivity index (χ1n) is 5.77. The van der Waals surface area contributed by atoms with Crippen molar-refractivity contribution in [2.24, 2.45) is 5.92 Å². The molecule has 1 amide bonds. The molecule has 1 aliphatic heterocycles. The summed E-state index contributed by atoms with van der Waals surface area (Å²) in [6, 6.07) is 6.05. The first kappa shape index (κ1) is 12.4. The van der Waals surface area contributed by atoms with Crippen molar-refractivity contribution in [2.75, 3.05) is 0 Å². The predicted octanol–water partition coefficient (Wildman–Crippen LogP) is 4.03. The maximum absolute atomic E-state index is 11.3. The van der Waals surface area contributed by atoms with Gasteiger partial charge in [0.05, 0.1) is 12.6 Å². The Balaban J connectivity index is 2.35.